The minimum absolute atomic E-state index is 0.0932. The van der Waals surface area contributed by atoms with Gasteiger partial charge in [-0.25, -0.2) is 4.39 Å². The number of methoxy groups -OCH3 is 1. The van der Waals surface area contributed by atoms with Crippen molar-refractivity contribution >= 4 is 17.5 Å². The van der Waals surface area contributed by atoms with Gasteiger partial charge in [-0.3, -0.25) is 4.79 Å². The summed E-state index contributed by atoms with van der Waals surface area (Å²) < 4.78 is 18.2. The van der Waals surface area contributed by atoms with Gasteiger partial charge in [-0.2, -0.15) is 5.26 Å². The number of carbonyl (C=O) groups is 1. The number of carbonyl (C=O) groups excluding carboxylic acids is 1. The molecule has 1 aromatic rings. The highest BCUT2D eigenvalue weighted by Crippen LogP contribution is 2.21. The third-order valence-electron chi connectivity index (χ3n) is 2.53. The van der Waals surface area contributed by atoms with Crippen molar-refractivity contribution in [3.8, 4) is 6.07 Å². The molecule has 19 heavy (non-hydrogen) atoms. The van der Waals surface area contributed by atoms with E-state index >= 15 is 0 Å². The Morgan fingerprint density at radius 2 is 2.26 bits per heavy atom. The van der Waals surface area contributed by atoms with Crippen LogP contribution in [0.15, 0.2) is 18.2 Å². The third kappa shape index (κ3) is 4.19. The molecular formula is C13H14ClFN2O2. The number of nitriles is 1. The van der Waals surface area contributed by atoms with Crippen LogP contribution < -0.4 is 0 Å². The molecule has 0 N–H and O–H groups in total. The average Bonchev–Trinajstić information content (AvgIpc) is 2.41. The van der Waals surface area contributed by atoms with Crippen LogP contribution >= 0.6 is 11.6 Å². The van der Waals surface area contributed by atoms with Crippen LogP contribution in [0.5, 0.6) is 0 Å². The van der Waals surface area contributed by atoms with Gasteiger partial charge in [0.2, 0.25) is 0 Å². The summed E-state index contributed by atoms with van der Waals surface area (Å²) in [5, 5.41) is 8.38. The van der Waals surface area contributed by atoms with Crippen molar-refractivity contribution in [3.63, 3.8) is 0 Å². The van der Waals surface area contributed by atoms with Crippen LogP contribution in [0.25, 0.3) is 0 Å². The van der Waals surface area contributed by atoms with Gasteiger partial charge < -0.3 is 9.64 Å². The molecule has 4 nitrogen and oxygen atoms in total. The fourth-order valence-corrected chi connectivity index (χ4v) is 1.75. The van der Waals surface area contributed by atoms with Crippen molar-refractivity contribution in [1.82, 2.24) is 4.90 Å². The SMILES string of the molecule is COCCN(CCC#N)C(=O)c1cccc(F)c1Cl. The van der Waals surface area contributed by atoms with Gasteiger partial charge in [0.15, 0.2) is 0 Å². The molecule has 0 aromatic heterocycles. The number of hydrogen-bond donors (Lipinski definition) is 0. The second kappa shape index (κ2) is 7.72. The molecule has 1 aromatic carbocycles. The van der Waals surface area contributed by atoms with E-state index in [4.69, 9.17) is 21.6 Å². The summed E-state index contributed by atoms with van der Waals surface area (Å²) in [4.78, 5) is 13.7. The molecule has 6 heteroatoms. The van der Waals surface area contributed by atoms with Gasteiger partial charge in [0.05, 0.1) is 29.7 Å². The Kier molecular flexibility index (Phi) is 6.26. The van der Waals surface area contributed by atoms with Gasteiger partial charge in [0.25, 0.3) is 5.91 Å². The molecule has 0 saturated heterocycles. The Hall–Kier alpha value is -1.64. The number of ether oxygens (including phenoxy) is 1. The van der Waals surface area contributed by atoms with E-state index in [9.17, 15) is 9.18 Å². The Morgan fingerprint density at radius 3 is 2.89 bits per heavy atom. The minimum atomic E-state index is -0.639. The summed E-state index contributed by atoms with van der Waals surface area (Å²) in [7, 11) is 1.52. The summed E-state index contributed by atoms with van der Waals surface area (Å²) in [5.74, 6) is -1.05. The maximum Gasteiger partial charge on any atom is 0.255 e. The van der Waals surface area contributed by atoms with Crippen molar-refractivity contribution in [2.45, 2.75) is 6.42 Å². The van der Waals surface area contributed by atoms with Gasteiger partial charge in [0.1, 0.15) is 5.82 Å². The second-order valence-corrected chi connectivity index (χ2v) is 4.17. The summed E-state index contributed by atoms with van der Waals surface area (Å²) in [6.07, 6.45) is 0.197. The molecule has 0 unspecified atom stereocenters. The largest absolute Gasteiger partial charge is 0.383 e. The van der Waals surface area contributed by atoms with Crippen LogP contribution in [0.1, 0.15) is 16.8 Å². The lowest BCUT2D eigenvalue weighted by Crippen LogP contribution is -2.35. The lowest BCUT2D eigenvalue weighted by Gasteiger charge is -2.21. The van der Waals surface area contributed by atoms with E-state index < -0.39 is 11.7 Å². The van der Waals surface area contributed by atoms with Gasteiger partial charge in [-0.1, -0.05) is 17.7 Å². The lowest BCUT2D eigenvalue weighted by molar-refractivity contribution is 0.0699. The van der Waals surface area contributed by atoms with Crippen LogP contribution in [0.3, 0.4) is 0 Å². The van der Waals surface area contributed by atoms with E-state index in [-0.39, 0.29) is 23.6 Å². The summed E-state index contributed by atoms with van der Waals surface area (Å²) >= 11 is 5.78. The van der Waals surface area contributed by atoms with Crippen molar-refractivity contribution in [2.24, 2.45) is 0 Å². The molecule has 0 fully saturated rings. The first-order valence-electron chi connectivity index (χ1n) is 5.71. The first kappa shape index (κ1) is 15.4. The van der Waals surface area contributed by atoms with E-state index in [1.54, 1.807) is 0 Å². The number of hydrogen-bond acceptors (Lipinski definition) is 3. The monoisotopic (exact) mass is 284 g/mol. The zero-order valence-corrected chi connectivity index (χ0v) is 11.3. The number of amides is 1. The third-order valence-corrected chi connectivity index (χ3v) is 2.91. The van der Waals surface area contributed by atoms with Gasteiger partial charge >= 0.3 is 0 Å². The Labute approximate surface area is 116 Å². The quantitative estimate of drug-likeness (QED) is 0.806. The van der Waals surface area contributed by atoms with E-state index in [2.05, 4.69) is 0 Å². The van der Waals surface area contributed by atoms with E-state index in [1.165, 1.54) is 30.2 Å². The van der Waals surface area contributed by atoms with Crippen LogP contribution in [0.4, 0.5) is 4.39 Å². The van der Waals surface area contributed by atoms with Crippen LogP contribution in [0.2, 0.25) is 5.02 Å². The highest BCUT2D eigenvalue weighted by Gasteiger charge is 2.19. The summed E-state index contributed by atoms with van der Waals surface area (Å²) in [6, 6.07) is 6.04. The molecule has 1 rings (SSSR count). The molecule has 0 saturated carbocycles. The molecule has 102 valence electrons. The molecule has 0 heterocycles. The van der Waals surface area contributed by atoms with Crippen molar-refractivity contribution in [1.29, 1.82) is 5.26 Å². The Balaban J connectivity index is 2.91. The first-order chi connectivity index (χ1) is 9.11. The molecule has 1 amide bonds. The zero-order chi connectivity index (χ0) is 14.3. The lowest BCUT2D eigenvalue weighted by atomic mass is 10.2. The molecule has 0 spiro atoms. The van der Waals surface area contributed by atoms with Crippen molar-refractivity contribution in [3.05, 3.63) is 34.6 Å². The minimum Gasteiger partial charge on any atom is -0.383 e. The van der Waals surface area contributed by atoms with E-state index in [0.29, 0.717) is 13.2 Å². The molecule has 0 aliphatic rings. The molecule has 0 aliphatic heterocycles. The molecule has 0 aliphatic carbocycles. The van der Waals surface area contributed by atoms with Gasteiger partial charge in [-0.05, 0) is 12.1 Å². The van der Waals surface area contributed by atoms with E-state index in [1.807, 2.05) is 6.07 Å². The number of rotatable bonds is 6. The Bertz CT molecular complexity index is 488. The molecule has 0 bridgehead atoms. The predicted molar refractivity (Wildman–Crippen MR) is 69.4 cm³/mol. The second-order valence-electron chi connectivity index (χ2n) is 3.79. The predicted octanol–water partition coefficient (Wildman–Crippen LogP) is 2.48. The number of nitrogens with zero attached hydrogens (tertiary/aromatic N) is 2. The van der Waals surface area contributed by atoms with Gasteiger partial charge in [-0.15, -0.1) is 0 Å². The highest BCUT2D eigenvalue weighted by molar-refractivity contribution is 6.34. The maximum atomic E-state index is 13.3. The number of halogens is 2. The fourth-order valence-electron chi connectivity index (χ4n) is 1.54. The average molecular weight is 285 g/mol. The normalized spacial score (nSPS) is 10.0. The Morgan fingerprint density at radius 1 is 1.53 bits per heavy atom. The zero-order valence-electron chi connectivity index (χ0n) is 10.5. The summed E-state index contributed by atoms with van der Waals surface area (Å²) in [6.45, 7) is 0.916. The summed E-state index contributed by atoms with van der Waals surface area (Å²) in [5.41, 5.74) is 0.0932. The van der Waals surface area contributed by atoms with Crippen LogP contribution in [-0.4, -0.2) is 37.6 Å². The number of benzene rings is 1. The van der Waals surface area contributed by atoms with Crippen molar-refractivity contribution in [2.75, 3.05) is 26.8 Å². The van der Waals surface area contributed by atoms with Crippen LogP contribution in [0, 0.1) is 17.1 Å². The highest BCUT2D eigenvalue weighted by atomic mass is 35.5. The smallest absolute Gasteiger partial charge is 0.255 e. The standard InChI is InChI=1S/C13H14ClFN2O2/c1-19-9-8-17(7-3-6-16)13(18)10-4-2-5-11(15)12(10)14/h2,4-5H,3,7-9H2,1H3. The van der Waals surface area contributed by atoms with E-state index in [0.717, 1.165) is 0 Å². The fraction of sp³-hybridized carbons (Fsp3) is 0.385. The van der Waals surface area contributed by atoms with Gasteiger partial charge in [0, 0.05) is 20.2 Å². The van der Waals surface area contributed by atoms with Crippen LogP contribution in [-0.2, 0) is 4.74 Å². The molecule has 0 atom stereocenters. The molecule has 0 radical (unpaired) electrons. The first-order valence-corrected chi connectivity index (χ1v) is 6.08. The maximum absolute atomic E-state index is 13.3. The molecular weight excluding hydrogens is 271 g/mol. The van der Waals surface area contributed by atoms with Crippen molar-refractivity contribution < 1.29 is 13.9 Å². The topological polar surface area (TPSA) is 53.3 Å².